The fraction of sp³-hybridized carbons (Fsp3) is 0.545. The van der Waals surface area contributed by atoms with Crippen molar-refractivity contribution in [3.63, 3.8) is 0 Å². The second-order valence-corrected chi connectivity index (χ2v) is 11.3. The van der Waals surface area contributed by atoms with Gasteiger partial charge >= 0.3 is 12.2 Å². The van der Waals surface area contributed by atoms with Crippen LogP contribution in [0.3, 0.4) is 0 Å². The Morgan fingerprint density at radius 3 is 2.26 bits per heavy atom. The largest absolute Gasteiger partial charge is 0.476 e. The highest BCUT2D eigenvalue weighted by atomic mass is 32.2. The molecule has 0 bridgehead atoms. The Bertz CT molecular complexity index is 1290. The van der Waals surface area contributed by atoms with E-state index in [1.165, 1.54) is 4.68 Å². The Balaban J connectivity index is 1.29. The van der Waals surface area contributed by atoms with Crippen molar-refractivity contribution in [1.82, 2.24) is 14.5 Å². The number of amides is 2. The number of carbonyl (C=O) groups excluding carboxylic acids is 1. The maximum absolute atomic E-state index is 13.9. The Morgan fingerprint density at radius 1 is 1.06 bits per heavy atom. The lowest BCUT2D eigenvalue weighted by Gasteiger charge is -2.24. The predicted octanol–water partition coefficient (Wildman–Crippen LogP) is 3.56. The lowest BCUT2D eigenvalue weighted by molar-refractivity contribution is -0.138. The molecule has 3 aliphatic carbocycles. The first kappa shape index (κ1) is 21.8. The van der Waals surface area contributed by atoms with Gasteiger partial charge in [-0.15, -0.1) is 0 Å². The van der Waals surface area contributed by atoms with E-state index in [0.29, 0.717) is 55.6 Å². The number of benzene rings is 1. The van der Waals surface area contributed by atoms with Gasteiger partial charge in [-0.05, 0) is 73.6 Å². The van der Waals surface area contributed by atoms with Crippen molar-refractivity contribution in [2.45, 2.75) is 69.0 Å². The van der Waals surface area contributed by atoms with E-state index in [-0.39, 0.29) is 40.2 Å². The van der Waals surface area contributed by atoms with Gasteiger partial charge in [-0.25, -0.2) is 22.6 Å². The second kappa shape index (κ2) is 7.12. The zero-order valence-corrected chi connectivity index (χ0v) is 19.0. The molecule has 2 amide bonds. The van der Waals surface area contributed by atoms with Crippen LogP contribution in [-0.2, 0) is 48.4 Å². The van der Waals surface area contributed by atoms with Crippen molar-refractivity contribution < 1.29 is 31.1 Å². The lowest BCUT2D eigenvalue weighted by atomic mass is 9.91. The highest BCUT2D eigenvalue weighted by Gasteiger charge is 2.48. The molecule has 34 heavy (non-hydrogen) atoms. The normalized spacial score (nSPS) is 19.9. The van der Waals surface area contributed by atoms with E-state index in [0.717, 1.165) is 19.0 Å². The SMILES string of the molecule is O=C(Nc1c2c(c(C(F)(F)F)c3c1CCC3)CCC2)NS(=O)(=O)c1cnn2c1OCC1(CC1)C2. The number of alkyl halides is 3. The molecule has 8 nitrogen and oxygen atoms in total. The molecular formula is C22H23F3N4O4S. The van der Waals surface area contributed by atoms with Gasteiger partial charge in [0.2, 0.25) is 5.88 Å². The molecule has 0 radical (unpaired) electrons. The summed E-state index contributed by atoms with van der Waals surface area (Å²) in [6, 6.07) is -1.02. The van der Waals surface area contributed by atoms with Gasteiger partial charge < -0.3 is 10.1 Å². The summed E-state index contributed by atoms with van der Waals surface area (Å²) in [5.41, 5.74) is 1.14. The van der Waals surface area contributed by atoms with Crippen LogP contribution in [0.2, 0.25) is 0 Å². The molecule has 2 aromatic rings. The number of urea groups is 1. The van der Waals surface area contributed by atoms with E-state index >= 15 is 0 Å². The Morgan fingerprint density at radius 2 is 1.68 bits per heavy atom. The van der Waals surface area contributed by atoms with Crippen LogP contribution in [0.15, 0.2) is 11.1 Å². The zero-order valence-electron chi connectivity index (χ0n) is 18.2. The lowest BCUT2D eigenvalue weighted by Crippen LogP contribution is -2.35. The zero-order chi connectivity index (χ0) is 23.9. The number of hydrogen-bond acceptors (Lipinski definition) is 5. The van der Waals surface area contributed by atoms with Crippen LogP contribution in [0.1, 0.15) is 53.5 Å². The minimum atomic E-state index is -4.46. The Hall–Kier alpha value is -2.76. The van der Waals surface area contributed by atoms with E-state index in [4.69, 9.17) is 4.74 Å². The summed E-state index contributed by atoms with van der Waals surface area (Å²) < 4.78 is 76.6. The number of halogens is 3. The summed E-state index contributed by atoms with van der Waals surface area (Å²) >= 11 is 0. The summed E-state index contributed by atoms with van der Waals surface area (Å²) in [5.74, 6) is 0.0918. The minimum Gasteiger partial charge on any atom is -0.476 e. The van der Waals surface area contributed by atoms with Crippen molar-refractivity contribution in [3.05, 3.63) is 34.0 Å². The van der Waals surface area contributed by atoms with E-state index in [1.807, 2.05) is 4.72 Å². The number of nitrogens with one attached hydrogen (secondary N) is 2. The number of carbonyl (C=O) groups is 1. The van der Waals surface area contributed by atoms with E-state index in [9.17, 15) is 26.4 Å². The summed E-state index contributed by atoms with van der Waals surface area (Å²) in [6.07, 6.45) is 1.16. The molecule has 1 saturated carbocycles. The fourth-order valence-corrected chi connectivity index (χ4v) is 6.61. The summed E-state index contributed by atoms with van der Waals surface area (Å²) in [6.45, 7) is 0.963. The first-order valence-corrected chi connectivity index (χ1v) is 12.9. The van der Waals surface area contributed by atoms with Crippen molar-refractivity contribution in [3.8, 4) is 5.88 Å². The molecule has 2 heterocycles. The monoisotopic (exact) mass is 496 g/mol. The van der Waals surface area contributed by atoms with Gasteiger partial charge in [-0.1, -0.05) is 0 Å². The highest BCUT2D eigenvalue weighted by Crippen LogP contribution is 2.51. The molecule has 1 fully saturated rings. The van der Waals surface area contributed by atoms with E-state index in [1.54, 1.807) is 0 Å². The van der Waals surface area contributed by atoms with Gasteiger partial charge in [0.1, 0.15) is 0 Å². The highest BCUT2D eigenvalue weighted by molar-refractivity contribution is 7.90. The van der Waals surface area contributed by atoms with Crippen molar-refractivity contribution in [2.75, 3.05) is 11.9 Å². The first-order valence-electron chi connectivity index (χ1n) is 11.4. The summed E-state index contributed by atoms with van der Waals surface area (Å²) in [5, 5.41) is 6.69. The number of fused-ring (bicyclic) bond motifs is 3. The maximum Gasteiger partial charge on any atom is 0.416 e. The summed E-state index contributed by atoms with van der Waals surface area (Å²) in [4.78, 5) is 12.6. The third kappa shape index (κ3) is 3.37. The Labute approximate surface area is 193 Å². The molecular weight excluding hydrogens is 473 g/mol. The molecule has 182 valence electrons. The predicted molar refractivity (Wildman–Crippen MR) is 114 cm³/mol. The number of rotatable bonds is 3. The number of nitrogens with zero attached hydrogens (tertiary/aromatic N) is 2. The van der Waals surface area contributed by atoms with E-state index < -0.39 is 27.8 Å². The number of ether oxygens (including phenoxy) is 1. The van der Waals surface area contributed by atoms with Gasteiger partial charge in [0.15, 0.2) is 4.90 Å². The molecule has 0 atom stereocenters. The molecule has 0 unspecified atom stereocenters. The number of sulfonamides is 1. The van der Waals surface area contributed by atoms with Crippen molar-refractivity contribution >= 4 is 21.7 Å². The number of hydrogen-bond donors (Lipinski definition) is 2. The molecule has 1 aromatic heterocycles. The van der Waals surface area contributed by atoms with E-state index in [2.05, 4.69) is 10.4 Å². The molecule has 1 spiro atoms. The summed E-state index contributed by atoms with van der Waals surface area (Å²) in [7, 11) is -4.30. The van der Waals surface area contributed by atoms with Crippen LogP contribution >= 0.6 is 0 Å². The van der Waals surface area contributed by atoms with Crippen LogP contribution in [0.5, 0.6) is 5.88 Å². The molecule has 1 aromatic carbocycles. The number of anilines is 1. The van der Waals surface area contributed by atoms with Gasteiger partial charge in [-0.2, -0.15) is 18.3 Å². The van der Waals surface area contributed by atoms with Crippen LogP contribution in [0.25, 0.3) is 0 Å². The van der Waals surface area contributed by atoms with Crippen LogP contribution in [0, 0.1) is 5.41 Å². The molecule has 6 rings (SSSR count). The number of aromatic nitrogens is 2. The van der Waals surface area contributed by atoms with Gasteiger partial charge in [-0.3, -0.25) is 0 Å². The minimum absolute atomic E-state index is 0.0220. The standard InChI is InChI=1S/C22H23F3N4O4S/c23-22(24,25)17-12-3-1-5-14(12)18(15-6-2-4-13(15)17)27-20(30)28-34(31,32)16-9-26-29-10-21(7-8-21)11-33-19(16)29/h9H,1-8,10-11H2,(H2,27,28,30). The Kier molecular flexibility index (Phi) is 4.56. The van der Waals surface area contributed by atoms with Gasteiger partial charge in [0.25, 0.3) is 10.0 Å². The first-order chi connectivity index (χ1) is 16.1. The molecule has 1 aliphatic heterocycles. The average molecular weight is 497 g/mol. The maximum atomic E-state index is 13.9. The third-order valence-corrected chi connectivity index (χ3v) is 8.71. The molecule has 2 N–H and O–H groups in total. The van der Waals surface area contributed by atoms with Crippen molar-refractivity contribution in [1.29, 1.82) is 0 Å². The fourth-order valence-electron chi connectivity index (χ4n) is 5.63. The molecule has 4 aliphatic rings. The molecule has 0 saturated heterocycles. The van der Waals surface area contributed by atoms with Crippen molar-refractivity contribution in [2.24, 2.45) is 5.41 Å². The third-order valence-electron chi connectivity index (χ3n) is 7.40. The molecule has 12 heteroatoms. The van der Waals surface area contributed by atoms with Crippen LogP contribution in [-0.4, -0.2) is 30.8 Å². The van der Waals surface area contributed by atoms with Gasteiger partial charge in [0.05, 0.1) is 24.9 Å². The average Bonchev–Trinajstić information content (AvgIpc) is 3.17. The van der Waals surface area contributed by atoms with Gasteiger partial charge in [0, 0.05) is 11.1 Å². The quantitative estimate of drug-likeness (QED) is 0.677. The topological polar surface area (TPSA) is 102 Å². The van der Waals surface area contributed by atoms with Crippen LogP contribution < -0.4 is 14.8 Å². The smallest absolute Gasteiger partial charge is 0.416 e. The second-order valence-electron chi connectivity index (χ2n) is 9.69. The van der Waals surface area contributed by atoms with Crippen LogP contribution in [0.4, 0.5) is 23.7 Å².